The van der Waals surface area contributed by atoms with Gasteiger partial charge >= 0.3 is 6.09 Å². The molecule has 10 rings (SSSR count). The largest absolute Gasteiger partial charge is 0.495 e. The smallest absolute Gasteiger partial charge is 0.410 e. The van der Waals surface area contributed by atoms with Crippen LogP contribution in [0.5, 0.6) is 5.75 Å². The topological polar surface area (TPSA) is 200 Å². The number of aromatic nitrogens is 4. The van der Waals surface area contributed by atoms with Crippen LogP contribution in [0.15, 0.2) is 83.4 Å². The summed E-state index contributed by atoms with van der Waals surface area (Å²) < 4.78 is 17.9. The number of amides is 4. The van der Waals surface area contributed by atoms with Crippen LogP contribution >= 0.6 is 0 Å². The van der Waals surface area contributed by atoms with Crippen molar-refractivity contribution in [1.82, 2.24) is 40.6 Å². The van der Waals surface area contributed by atoms with Crippen molar-refractivity contribution in [3.8, 4) is 17.2 Å². The molecule has 18 nitrogen and oxygen atoms in total. The van der Waals surface area contributed by atoms with Gasteiger partial charge in [0.05, 0.1) is 31.5 Å². The number of hydrogen-bond acceptors (Lipinski definition) is 15. The number of likely N-dealkylation sites (N-methyl/N-ethyl adjacent to an activating group) is 1. The maximum Gasteiger partial charge on any atom is 0.410 e. The minimum atomic E-state index is -0.358. The number of nitrogens with one attached hydrogen (secondary N) is 3. The highest BCUT2D eigenvalue weighted by Crippen LogP contribution is 2.41. The average Bonchev–Trinajstić information content (AvgIpc) is 4.15. The number of anilines is 4. The number of imide groups is 1. The van der Waals surface area contributed by atoms with Crippen molar-refractivity contribution in [2.75, 3.05) is 42.4 Å². The Morgan fingerprint density at radius 1 is 0.877 bits per heavy atom. The zero-order chi connectivity index (χ0) is 50.4. The molecule has 4 amide bonds. The van der Waals surface area contributed by atoms with Gasteiger partial charge in [0.2, 0.25) is 35.5 Å². The van der Waals surface area contributed by atoms with Crippen LogP contribution in [0, 0.1) is 0 Å². The van der Waals surface area contributed by atoms with Crippen molar-refractivity contribution in [3.63, 3.8) is 0 Å². The molecular formula is C55H67N11O7. The molecular weight excluding hydrogens is 927 g/mol. The van der Waals surface area contributed by atoms with E-state index in [1.54, 1.807) is 25.3 Å². The number of piperidine rings is 2. The van der Waals surface area contributed by atoms with Gasteiger partial charge in [0.1, 0.15) is 24.1 Å². The maximum atomic E-state index is 13.8. The van der Waals surface area contributed by atoms with E-state index in [1.165, 1.54) is 0 Å². The summed E-state index contributed by atoms with van der Waals surface area (Å²) >= 11 is 0. The quantitative estimate of drug-likeness (QED) is 0.0803. The van der Waals surface area contributed by atoms with Crippen LogP contribution in [-0.4, -0.2) is 111 Å². The van der Waals surface area contributed by atoms with Crippen molar-refractivity contribution in [2.45, 2.75) is 146 Å². The number of carbonyl (C=O) groups excluding carboxylic acids is 4. The second-order valence-corrected chi connectivity index (χ2v) is 20.2. The summed E-state index contributed by atoms with van der Waals surface area (Å²) in [4.78, 5) is 69.4. The summed E-state index contributed by atoms with van der Waals surface area (Å²) in [6.45, 7) is 4.93. The molecule has 5 heterocycles. The van der Waals surface area contributed by atoms with Gasteiger partial charge in [-0.05, 0) is 99.1 Å². The Kier molecular flexibility index (Phi) is 15.3. The van der Waals surface area contributed by atoms with E-state index in [0.717, 1.165) is 105 Å². The van der Waals surface area contributed by atoms with Crippen LogP contribution in [-0.2, 0) is 38.8 Å². The highest BCUT2D eigenvalue weighted by molar-refractivity contribution is 6.04. The van der Waals surface area contributed by atoms with E-state index in [9.17, 15) is 19.2 Å². The first kappa shape index (κ1) is 49.6. The zero-order valence-electron chi connectivity index (χ0n) is 42.1. The Bertz CT molecular complexity index is 2730. The van der Waals surface area contributed by atoms with Crippen LogP contribution in [0.4, 0.5) is 27.9 Å². The summed E-state index contributed by atoms with van der Waals surface area (Å²) in [5.74, 6) is 1.91. The lowest BCUT2D eigenvalue weighted by Gasteiger charge is -2.43. The van der Waals surface area contributed by atoms with E-state index in [-0.39, 0.29) is 54.5 Å². The van der Waals surface area contributed by atoms with E-state index in [0.29, 0.717) is 79.3 Å². The van der Waals surface area contributed by atoms with Crippen LogP contribution in [0.1, 0.15) is 119 Å². The lowest BCUT2D eigenvalue weighted by molar-refractivity contribution is -0.134. The summed E-state index contributed by atoms with van der Waals surface area (Å²) in [6, 6.07) is 24.1. The molecule has 3 N–H and O–H groups in total. The number of methoxy groups -OCH3 is 1. The number of carbonyl (C=O) groups is 4. The molecule has 2 saturated carbocycles. The molecule has 384 valence electrons. The number of likely N-dealkylation sites (tertiary alicyclic amines) is 1. The zero-order valence-corrected chi connectivity index (χ0v) is 42.1. The van der Waals surface area contributed by atoms with Crippen LogP contribution < -0.4 is 30.5 Å². The molecule has 5 aromatic rings. The average molecular weight is 994 g/mol. The standard InChI is InChI=1S/C55H67N11O7/c1-4-45-53(69)63(2)46-31-57-54(60-50(46)66(45)42-12-8-9-13-42)58-44-24-18-38(30-47(44)71-3)52-62-61-49(73-52)32-56-39-19-21-40(22-20-39)64-28-26-41(27-29-64)65(55(70)72-34-36-10-6-5-7-11-36)33-35-14-16-37(17-15-35)43-23-25-48(67)59-51(43)68/h5-7,10-11,14-18,24,30-31,39-43,45,56H,4,8-9,12-13,19-23,25-29,32-34H2,1-3H3,(H,57,58,60)(H,59,67,68)/t39?,40?,43?,45-/m1/s1. The van der Waals surface area contributed by atoms with Gasteiger partial charge in [0.15, 0.2) is 5.82 Å². The number of fused-ring (bicyclic) bond motifs is 1. The second-order valence-electron chi connectivity index (χ2n) is 20.2. The third-order valence-corrected chi connectivity index (χ3v) is 15.7. The van der Waals surface area contributed by atoms with Crippen LogP contribution in [0.25, 0.3) is 11.5 Å². The Hall–Kier alpha value is -6.92. The number of nitrogens with zero attached hydrogens (tertiary/aromatic N) is 8. The van der Waals surface area contributed by atoms with Crippen molar-refractivity contribution >= 4 is 47.0 Å². The monoisotopic (exact) mass is 994 g/mol. The van der Waals surface area contributed by atoms with Gasteiger partial charge in [-0.3, -0.25) is 19.7 Å². The molecule has 4 fully saturated rings. The van der Waals surface area contributed by atoms with Crippen molar-refractivity contribution in [1.29, 1.82) is 0 Å². The number of benzene rings is 3. The minimum Gasteiger partial charge on any atom is -0.495 e. The molecule has 5 aliphatic rings. The second kappa shape index (κ2) is 22.5. The molecule has 2 saturated heterocycles. The van der Waals surface area contributed by atoms with Crippen molar-refractivity contribution < 1.29 is 33.1 Å². The normalized spacial score (nSPS) is 22.0. The van der Waals surface area contributed by atoms with Gasteiger partial charge in [-0.2, -0.15) is 4.98 Å². The van der Waals surface area contributed by atoms with E-state index in [2.05, 4.69) is 47.9 Å². The lowest BCUT2D eigenvalue weighted by Crippen LogP contribution is -2.55. The Labute approximate surface area is 426 Å². The fourth-order valence-corrected chi connectivity index (χ4v) is 11.6. The third-order valence-electron chi connectivity index (χ3n) is 15.7. The van der Waals surface area contributed by atoms with Gasteiger partial charge in [-0.15, -0.1) is 10.2 Å². The molecule has 2 atom stereocenters. The van der Waals surface area contributed by atoms with E-state index < -0.39 is 0 Å². The fraction of sp³-hybridized carbons (Fsp3) is 0.491. The fourth-order valence-electron chi connectivity index (χ4n) is 11.6. The SMILES string of the molecule is CC[C@@H]1C(=O)N(C)c2cnc(Nc3ccc(-c4nnc(CNC5CCC(N6CCC(N(Cc7ccc(C8CCC(=O)NC8=O)cc7)C(=O)OCc7ccccc7)CC6)CC5)o4)cc3OC)nc2N1C1CCCC1. The molecule has 2 aromatic heterocycles. The first-order chi connectivity index (χ1) is 35.6. The number of hydrogen-bond donors (Lipinski definition) is 3. The lowest BCUT2D eigenvalue weighted by atomic mass is 9.88. The predicted molar refractivity (Wildman–Crippen MR) is 275 cm³/mol. The Balaban J connectivity index is 0.710. The summed E-state index contributed by atoms with van der Waals surface area (Å²) in [5, 5.41) is 18.2. The number of rotatable bonds is 16. The Morgan fingerprint density at radius 3 is 2.37 bits per heavy atom. The van der Waals surface area contributed by atoms with Gasteiger partial charge in [0, 0.05) is 62.8 Å². The molecule has 3 aromatic carbocycles. The van der Waals surface area contributed by atoms with Crippen LogP contribution in [0.3, 0.4) is 0 Å². The van der Waals surface area contributed by atoms with Gasteiger partial charge in [0.25, 0.3) is 0 Å². The van der Waals surface area contributed by atoms with Crippen molar-refractivity contribution in [3.05, 3.63) is 102 Å². The number of ether oxygens (including phenoxy) is 2. The van der Waals surface area contributed by atoms with Gasteiger partial charge < -0.3 is 44.1 Å². The first-order valence-corrected chi connectivity index (χ1v) is 26.2. The first-order valence-electron chi connectivity index (χ1n) is 26.2. The van der Waals surface area contributed by atoms with E-state index in [1.807, 2.05) is 77.7 Å². The summed E-state index contributed by atoms with van der Waals surface area (Å²) in [5.41, 5.74) is 4.89. The highest BCUT2D eigenvalue weighted by Gasteiger charge is 2.41. The molecule has 73 heavy (non-hydrogen) atoms. The van der Waals surface area contributed by atoms with Gasteiger partial charge in [-0.1, -0.05) is 74.4 Å². The third kappa shape index (κ3) is 11.2. The molecule has 1 unspecified atom stereocenters. The minimum absolute atomic E-state index is 0.0237. The molecule has 0 radical (unpaired) electrons. The Morgan fingerprint density at radius 2 is 1.64 bits per heavy atom. The van der Waals surface area contributed by atoms with Crippen molar-refractivity contribution in [2.24, 2.45) is 0 Å². The highest BCUT2D eigenvalue weighted by atomic mass is 16.6. The molecule has 3 aliphatic heterocycles. The van der Waals surface area contributed by atoms with Crippen LogP contribution in [0.2, 0.25) is 0 Å². The maximum absolute atomic E-state index is 13.8. The molecule has 2 aliphatic carbocycles. The molecule has 0 bridgehead atoms. The van der Waals surface area contributed by atoms with E-state index in [4.69, 9.17) is 18.9 Å². The predicted octanol–water partition coefficient (Wildman–Crippen LogP) is 8.01. The van der Waals surface area contributed by atoms with E-state index >= 15 is 0 Å². The molecule has 0 spiro atoms. The summed E-state index contributed by atoms with van der Waals surface area (Å²) in [7, 11) is 3.42. The van der Waals surface area contributed by atoms with Gasteiger partial charge in [-0.25, -0.2) is 9.78 Å². The summed E-state index contributed by atoms with van der Waals surface area (Å²) in [6.07, 6.45) is 13.2. The molecule has 18 heteroatoms.